The molecule has 1 aromatic rings. The Morgan fingerprint density at radius 3 is 2.87 bits per heavy atom. The van der Waals surface area contributed by atoms with E-state index in [1.165, 1.54) is 0 Å². The summed E-state index contributed by atoms with van der Waals surface area (Å²) in [6.45, 7) is 9.65. The minimum atomic E-state index is -0.482. The standard InChI is InChI=1S/C15H29N5O3/c1-12(17-14(22)23-15(2,3)4)6-7-16-10-13-11-20(19-18-13)8-5-9-21/h11-12,16,21H,5-10H2,1-4H3,(H,17,22). The van der Waals surface area contributed by atoms with Gasteiger partial charge in [0.05, 0.1) is 5.69 Å². The molecule has 0 bridgehead atoms. The van der Waals surface area contributed by atoms with Crippen molar-refractivity contribution in [3.05, 3.63) is 11.9 Å². The van der Waals surface area contributed by atoms with E-state index in [4.69, 9.17) is 9.84 Å². The molecule has 0 aliphatic rings. The van der Waals surface area contributed by atoms with E-state index < -0.39 is 11.7 Å². The summed E-state index contributed by atoms with van der Waals surface area (Å²) in [4.78, 5) is 11.6. The number of rotatable bonds is 9. The van der Waals surface area contributed by atoms with E-state index >= 15 is 0 Å². The molecule has 0 fully saturated rings. The number of nitrogens with one attached hydrogen (secondary N) is 2. The third kappa shape index (κ3) is 9.14. The Kier molecular flexibility index (Phi) is 7.97. The van der Waals surface area contributed by atoms with Crippen molar-refractivity contribution in [3.63, 3.8) is 0 Å². The van der Waals surface area contributed by atoms with E-state index in [1.54, 1.807) is 4.68 Å². The highest BCUT2D eigenvalue weighted by molar-refractivity contribution is 5.67. The highest BCUT2D eigenvalue weighted by Gasteiger charge is 2.17. The third-order valence-corrected chi connectivity index (χ3v) is 2.95. The van der Waals surface area contributed by atoms with E-state index in [0.717, 1.165) is 18.7 Å². The number of carbonyl (C=O) groups is 1. The van der Waals surface area contributed by atoms with Gasteiger partial charge in [-0.1, -0.05) is 5.21 Å². The number of alkyl carbamates (subject to hydrolysis) is 1. The van der Waals surface area contributed by atoms with Crippen LogP contribution in [0.15, 0.2) is 6.20 Å². The second-order valence-electron chi connectivity index (χ2n) is 6.56. The number of hydrogen-bond donors (Lipinski definition) is 3. The molecule has 0 aliphatic carbocycles. The maximum Gasteiger partial charge on any atom is 0.407 e. The molecule has 1 unspecified atom stereocenters. The van der Waals surface area contributed by atoms with E-state index in [-0.39, 0.29) is 12.6 Å². The smallest absolute Gasteiger partial charge is 0.407 e. The summed E-state index contributed by atoms with van der Waals surface area (Å²) < 4.78 is 6.93. The summed E-state index contributed by atoms with van der Waals surface area (Å²) in [6.07, 6.45) is 2.93. The second-order valence-corrected chi connectivity index (χ2v) is 6.56. The van der Waals surface area contributed by atoms with Gasteiger partial charge in [-0.25, -0.2) is 4.79 Å². The van der Waals surface area contributed by atoms with Gasteiger partial charge in [0.25, 0.3) is 0 Å². The van der Waals surface area contributed by atoms with E-state index in [2.05, 4.69) is 20.9 Å². The zero-order valence-corrected chi connectivity index (χ0v) is 14.5. The molecule has 0 aromatic carbocycles. The summed E-state index contributed by atoms with van der Waals surface area (Å²) in [6, 6.07) is 0.0255. The third-order valence-electron chi connectivity index (χ3n) is 2.95. The van der Waals surface area contributed by atoms with Crippen LogP contribution in [0, 0.1) is 0 Å². The number of carbonyl (C=O) groups excluding carboxylic acids is 1. The minimum absolute atomic E-state index is 0.0255. The number of amides is 1. The first-order valence-corrected chi connectivity index (χ1v) is 8.00. The molecule has 132 valence electrons. The van der Waals surface area contributed by atoms with Gasteiger partial charge in [-0.2, -0.15) is 0 Å². The molecule has 1 aromatic heterocycles. The van der Waals surface area contributed by atoms with Crippen molar-refractivity contribution in [1.82, 2.24) is 25.6 Å². The quantitative estimate of drug-likeness (QED) is 0.586. The first-order valence-electron chi connectivity index (χ1n) is 8.00. The Morgan fingerprint density at radius 2 is 2.22 bits per heavy atom. The summed E-state index contributed by atoms with van der Waals surface area (Å²) >= 11 is 0. The van der Waals surface area contributed by atoms with E-state index in [0.29, 0.717) is 19.5 Å². The predicted molar refractivity (Wildman–Crippen MR) is 86.9 cm³/mol. The van der Waals surface area contributed by atoms with Crippen LogP contribution in [0.1, 0.15) is 46.2 Å². The largest absolute Gasteiger partial charge is 0.444 e. The Bertz CT molecular complexity index is 470. The molecule has 0 aliphatic heterocycles. The lowest BCUT2D eigenvalue weighted by Gasteiger charge is -2.22. The molecule has 8 heteroatoms. The molecule has 1 heterocycles. The predicted octanol–water partition coefficient (Wildman–Crippen LogP) is 1.05. The van der Waals surface area contributed by atoms with Crippen molar-refractivity contribution in [1.29, 1.82) is 0 Å². The molecule has 8 nitrogen and oxygen atoms in total. The number of aromatic nitrogens is 3. The molecule has 0 saturated heterocycles. The monoisotopic (exact) mass is 327 g/mol. The van der Waals surface area contributed by atoms with Gasteiger partial charge in [0.2, 0.25) is 0 Å². The molecule has 3 N–H and O–H groups in total. The molecule has 0 radical (unpaired) electrons. The molecule has 1 atom stereocenters. The summed E-state index contributed by atoms with van der Waals surface area (Å²) in [5.74, 6) is 0. The van der Waals surface area contributed by atoms with Crippen LogP contribution in [-0.4, -0.2) is 51.0 Å². The van der Waals surface area contributed by atoms with Gasteiger partial charge in [-0.05, 0) is 47.1 Å². The fourth-order valence-corrected chi connectivity index (χ4v) is 1.88. The molecule has 1 amide bonds. The molecule has 0 saturated carbocycles. The second kappa shape index (κ2) is 9.46. The van der Waals surface area contributed by atoms with Crippen molar-refractivity contribution < 1.29 is 14.6 Å². The van der Waals surface area contributed by atoms with E-state index in [9.17, 15) is 4.79 Å². The molecule has 0 spiro atoms. The van der Waals surface area contributed by atoms with Crippen molar-refractivity contribution in [2.45, 2.75) is 65.3 Å². The fraction of sp³-hybridized carbons (Fsp3) is 0.800. The van der Waals surface area contributed by atoms with Gasteiger partial charge < -0.3 is 20.5 Å². The molecular weight excluding hydrogens is 298 g/mol. The Balaban J connectivity index is 2.16. The van der Waals surface area contributed by atoms with Crippen LogP contribution >= 0.6 is 0 Å². The van der Waals surface area contributed by atoms with Crippen LogP contribution in [-0.2, 0) is 17.8 Å². The fourth-order valence-electron chi connectivity index (χ4n) is 1.88. The minimum Gasteiger partial charge on any atom is -0.444 e. The van der Waals surface area contributed by atoms with Crippen LogP contribution in [0.3, 0.4) is 0 Å². The van der Waals surface area contributed by atoms with E-state index in [1.807, 2.05) is 33.9 Å². The Labute approximate surface area is 137 Å². The lowest BCUT2D eigenvalue weighted by Crippen LogP contribution is -2.38. The average molecular weight is 327 g/mol. The maximum atomic E-state index is 11.6. The summed E-state index contributed by atoms with van der Waals surface area (Å²) in [7, 11) is 0. The van der Waals surface area contributed by atoms with Crippen LogP contribution in [0.5, 0.6) is 0 Å². The first-order chi connectivity index (χ1) is 10.8. The zero-order valence-electron chi connectivity index (χ0n) is 14.5. The van der Waals surface area contributed by atoms with Crippen LogP contribution < -0.4 is 10.6 Å². The van der Waals surface area contributed by atoms with Crippen molar-refractivity contribution in [2.24, 2.45) is 0 Å². The number of ether oxygens (including phenoxy) is 1. The summed E-state index contributed by atoms with van der Waals surface area (Å²) in [5.41, 5.74) is 0.375. The van der Waals surface area contributed by atoms with Crippen LogP contribution in [0.4, 0.5) is 4.79 Å². The number of aliphatic hydroxyl groups excluding tert-OH is 1. The van der Waals surface area contributed by atoms with Crippen LogP contribution in [0.25, 0.3) is 0 Å². The van der Waals surface area contributed by atoms with Gasteiger partial charge in [-0.15, -0.1) is 5.10 Å². The number of hydrogen-bond acceptors (Lipinski definition) is 6. The van der Waals surface area contributed by atoms with Gasteiger partial charge >= 0.3 is 6.09 Å². The average Bonchev–Trinajstić information content (AvgIpc) is 2.87. The highest BCUT2D eigenvalue weighted by Crippen LogP contribution is 2.07. The van der Waals surface area contributed by atoms with Gasteiger partial charge in [-0.3, -0.25) is 4.68 Å². The lowest BCUT2D eigenvalue weighted by atomic mass is 10.2. The Morgan fingerprint density at radius 1 is 1.48 bits per heavy atom. The zero-order chi connectivity index (χ0) is 17.3. The van der Waals surface area contributed by atoms with Gasteiger partial charge in [0.1, 0.15) is 5.60 Å². The maximum absolute atomic E-state index is 11.6. The van der Waals surface area contributed by atoms with Crippen molar-refractivity contribution in [2.75, 3.05) is 13.2 Å². The SMILES string of the molecule is CC(CCNCc1cn(CCCO)nn1)NC(=O)OC(C)(C)C. The molecular formula is C15H29N5O3. The Hall–Kier alpha value is -1.67. The molecule has 1 rings (SSSR count). The number of aliphatic hydroxyl groups is 1. The lowest BCUT2D eigenvalue weighted by molar-refractivity contribution is 0.0506. The van der Waals surface area contributed by atoms with Crippen molar-refractivity contribution >= 4 is 6.09 Å². The van der Waals surface area contributed by atoms with Gasteiger partial charge in [0, 0.05) is 31.9 Å². The van der Waals surface area contributed by atoms with Crippen molar-refractivity contribution in [3.8, 4) is 0 Å². The normalized spacial score (nSPS) is 12.9. The number of nitrogens with zero attached hydrogens (tertiary/aromatic N) is 3. The molecule has 23 heavy (non-hydrogen) atoms. The first kappa shape index (κ1) is 19.4. The topological polar surface area (TPSA) is 101 Å². The number of aryl methyl sites for hydroxylation is 1. The van der Waals surface area contributed by atoms with Gasteiger partial charge in [0.15, 0.2) is 0 Å². The summed E-state index contributed by atoms with van der Waals surface area (Å²) in [5, 5.41) is 22.9. The van der Waals surface area contributed by atoms with Crippen LogP contribution in [0.2, 0.25) is 0 Å². The highest BCUT2D eigenvalue weighted by atomic mass is 16.6.